The minimum Gasteiger partial charge on any atom is -0.435 e. The molecule has 7 nitrogen and oxygen atoms in total. The Kier molecular flexibility index (Phi) is 6.08. The molecular weight excluding hydrogens is 476 g/mol. The van der Waals surface area contributed by atoms with Crippen molar-refractivity contribution in [2.75, 3.05) is 0 Å². The number of amides is 1. The molecule has 0 radical (unpaired) electrons. The summed E-state index contributed by atoms with van der Waals surface area (Å²) in [6, 6.07) is 15.4. The van der Waals surface area contributed by atoms with E-state index in [-0.39, 0.29) is 11.7 Å². The molecule has 3 heterocycles. The number of fused-ring (bicyclic) bond motifs is 2. The number of pyridine rings is 1. The van der Waals surface area contributed by atoms with Crippen molar-refractivity contribution >= 4 is 34.2 Å². The van der Waals surface area contributed by atoms with Gasteiger partial charge < -0.3 is 15.0 Å². The van der Waals surface area contributed by atoms with Crippen molar-refractivity contribution in [1.29, 1.82) is 0 Å². The molecule has 0 unspecified atom stereocenters. The van der Waals surface area contributed by atoms with E-state index < -0.39 is 6.61 Å². The van der Waals surface area contributed by atoms with Crippen molar-refractivity contribution in [3.63, 3.8) is 0 Å². The van der Waals surface area contributed by atoms with Crippen LogP contribution in [0.25, 0.3) is 28.1 Å². The van der Waals surface area contributed by atoms with Gasteiger partial charge in [0, 0.05) is 29.4 Å². The maximum atomic E-state index is 13.0. The Hall–Kier alpha value is -3.98. The van der Waals surface area contributed by atoms with Gasteiger partial charge in [0.15, 0.2) is 0 Å². The Bertz CT molecular complexity index is 1530. The standard InChI is InChI=1S/C25H20ClF2N5O2/c1-2-18-22(33-10-9-16(26)12-21(33)30-18)24(34)29-13-14-3-8-19-20(11-14)32-23(31-19)15-4-6-17(7-5-15)35-25(27)28/h3-12,25H,2,13H2,1H3,(H,29,34)(H,31,32). The van der Waals surface area contributed by atoms with Gasteiger partial charge in [0.2, 0.25) is 0 Å². The molecule has 5 rings (SSSR count). The average Bonchev–Trinajstić information content (AvgIpc) is 3.43. The van der Waals surface area contributed by atoms with Crippen LogP contribution in [0.1, 0.15) is 28.7 Å². The number of nitrogens with one attached hydrogen (secondary N) is 2. The molecule has 2 N–H and O–H groups in total. The zero-order valence-corrected chi connectivity index (χ0v) is 19.3. The maximum absolute atomic E-state index is 13.0. The van der Waals surface area contributed by atoms with Gasteiger partial charge in [-0.05, 0) is 54.4 Å². The number of nitrogens with zero attached hydrogens (tertiary/aromatic N) is 3. The van der Waals surface area contributed by atoms with E-state index in [1.165, 1.54) is 12.1 Å². The number of ether oxygens (including phenoxy) is 1. The van der Waals surface area contributed by atoms with Crippen LogP contribution < -0.4 is 10.1 Å². The first-order chi connectivity index (χ1) is 16.9. The van der Waals surface area contributed by atoms with Crippen LogP contribution in [0, 0.1) is 0 Å². The number of hydrogen-bond donors (Lipinski definition) is 2. The molecule has 0 saturated heterocycles. The number of H-pyrrole nitrogens is 1. The van der Waals surface area contributed by atoms with E-state index in [2.05, 4.69) is 25.0 Å². The minimum absolute atomic E-state index is 0.0816. The number of imidazole rings is 2. The fraction of sp³-hybridized carbons (Fsp3) is 0.160. The Morgan fingerprint density at radius 3 is 2.69 bits per heavy atom. The molecule has 0 bridgehead atoms. The number of alkyl halides is 2. The van der Waals surface area contributed by atoms with Crippen molar-refractivity contribution in [2.24, 2.45) is 0 Å². The monoisotopic (exact) mass is 495 g/mol. The molecule has 10 heteroatoms. The Balaban J connectivity index is 1.33. The topological polar surface area (TPSA) is 84.3 Å². The number of carbonyl (C=O) groups excluding carboxylic acids is 1. The molecule has 0 atom stereocenters. The Morgan fingerprint density at radius 1 is 1.14 bits per heavy atom. The average molecular weight is 496 g/mol. The SMILES string of the molecule is CCc1nc2cc(Cl)ccn2c1C(=O)NCc1ccc2nc(-c3ccc(OC(F)F)cc3)[nH]c2c1. The van der Waals surface area contributed by atoms with Gasteiger partial charge in [-0.25, -0.2) is 9.97 Å². The van der Waals surface area contributed by atoms with Gasteiger partial charge in [0.05, 0.1) is 16.7 Å². The van der Waals surface area contributed by atoms with E-state index in [0.29, 0.717) is 40.8 Å². The van der Waals surface area contributed by atoms with Gasteiger partial charge in [-0.2, -0.15) is 8.78 Å². The summed E-state index contributed by atoms with van der Waals surface area (Å²) in [7, 11) is 0. The third-order valence-corrected chi connectivity index (χ3v) is 5.80. The molecule has 5 aromatic rings. The molecule has 178 valence electrons. The molecule has 1 amide bonds. The summed E-state index contributed by atoms with van der Waals surface area (Å²) in [4.78, 5) is 25.3. The normalized spacial score (nSPS) is 11.5. The predicted molar refractivity (Wildman–Crippen MR) is 129 cm³/mol. The number of rotatable bonds is 7. The fourth-order valence-electron chi connectivity index (χ4n) is 3.92. The van der Waals surface area contributed by atoms with E-state index >= 15 is 0 Å². The van der Waals surface area contributed by atoms with Crippen LogP contribution in [0.4, 0.5) is 8.78 Å². The maximum Gasteiger partial charge on any atom is 0.387 e. The van der Waals surface area contributed by atoms with E-state index in [4.69, 9.17) is 11.6 Å². The lowest BCUT2D eigenvalue weighted by Crippen LogP contribution is -2.25. The van der Waals surface area contributed by atoms with Gasteiger partial charge in [-0.15, -0.1) is 0 Å². The molecule has 0 spiro atoms. The van der Waals surface area contributed by atoms with Crippen molar-refractivity contribution in [1.82, 2.24) is 24.7 Å². The van der Waals surface area contributed by atoms with Crippen molar-refractivity contribution in [2.45, 2.75) is 26.5 Å². The van der Waals surface area contributed by atoms with Crippen LogP contribution in [-0.4, -0.2) is 31.9 Å². The van der Waals surface area contributed by atoms with Crippen LogP contribution in [-0.2, 0) is 13.0 Å². The number of aromatic nitrogens is 4. The minimum atomic E-state index is -2.87. The quantitative estimate of drug-likeness (QED) is 0.307. The highest BCUT2D eigenvalue weighted by Crippen LogP contribution is 2.24. The Morgan fingerprint density at radius 2 is 1.94 bits per heavy atom. The molecule has 2 aromatic carbocycles. The van der Waals surface area contributed by atoms with Crippen LogP contribution in [0.3, 0.4) is 0 Å². The number of aromatic amines is 1. The van der Waals surface area contributed by atoms with Crippen LogP contribution in [0.2, 0.25) is 5.02 Å². The molecular formula is C25H20ClF2N5O2. The lowest BCUT2D eigenvalue weighted by atomic mass is 10.2. The number of hydrogen-bond acceptors (Lipinski definition) is 4. The highest BCUT2D eigenvalue weighted by Gasteiger charge is 2.18. The van der Waals surface area contributed by atoms with Crippen molar-refractivity contribution in [3.05, 3.63) is 82.8 Å². The third-order valence-electron chi connectivity index (χ3n) is 5.56. The molecule has 0 aliphatic heterocycles. The second kappa shape index (κ2) is 9.34. The highest BCUT2D eigenvalue weighted by atomic mass is 35.5. The van der Waals surface area contributed by atoms with E-state index in [1.807, 2.05) is 25.1 Å². The van der Waals surface area contributed by atoms with Crippen LogP contribution in [0.15, 0.2) is 60.8 Å². The summed E-state index contributed by atoms with van der Waals surface area (Å²) in [6.45, 7) is -0.610. The molecule has 35 heavy (non-hydrogen) atoms. The van der Waals surface area contributed by atoms with Crippen molar-refractivity contribution < 1.29 is 18.3 Å². The lowest BCUT2D eigenvalue weighted by Gasteiger charge is -2.07. The van der Waals surface area contributed by atoms with E-state index in [0.717, 1.165) is 22.2 Å². The number of benzene rings is 2. The molecule has 0 aliphatic carbocycles. The number of aryl methyl sites for hydroxylation is 1. The molecule has 3 aromatic heterocycles. The first-order valence-electron chi connectivity index (χ1n) is 10.9. The summed E-state index contributed by atoms with van der Waals surface area (Å²) in [5.74, 6) is 0.452. The van der Waals surface area contributed by atoms with E-state index in [1.54, 1.807) is 34.9 Å². The van der Waals surface area contributed by atoms with E-state index in [9.17, 15) is 13.6 Å². The second-order valence-corrected chi connectivity index (χ2v) is 8.29. The largest absolute Gasteiger partial charge is 0.435 e. The highest BCUT2D eigenvalue weighted by molar-refractivity contribution is 6.30. The first kappa shape index (κ1) is 22.8. The smallest absolute Gasteiger partial charge is 0.387 e. The molecule has 0 saturated carbocycles. The molecule has 0 fully saturated rings. The van der Waals surface area contributed by atoms with Crippen molar-refractivity contribution in [3.8, 4) is 17.1 Å². The van der Waals surface area contributed by atoms with Gasteiger partial charge in [-0.1, -0.05) is 24.6 Å². The van der Waals surface area contributed by atoms with Gasteiger partial charge in [0.25, 0.3) is 5.91 Å². The van der Waals surface area contributed by atoms with Crippen LogP contribution in [0.5, 0.6) is 5.75 Å². The summed E-state index contributed by atoms with van der Waals surface area (Å²) >= 11 is 6.06. The number of carbonyl (C=O) groups is 1. The lowest BCUT2D eigenvalue weighted by molar-refractivity contribution is -0.0498. The first-order valence-corrected chi connectivity index (χ1v) is 11.3. The fourth-order valence-corrected chi connectivity index (χ4v) is 4.07. The number of halogens is 3. The zero-order valence-electron chi connectivity index (χ0n) is 18.6. The molecule has 0 aliphatic rings. The summed E-state index contributed by atoms with van der Waals surface area (Å²) in [5.41, 5.74) is 4.97. The van der Waals surface area contributed by atoms with Gasteiger partial charge in [-0.3, -0.25) is 9.20 Å². The third kappa shape index (κ3) is 4.67. The van der Waals surface area contributed by atoms with Gasteiger partial charge in [0.1, 0.15) is 22.9 Å². The van der Waals surface area contributed by atoms with Gasteiger partial charge >= 0.3 is 6.61 Å². The van der Waals surface area contributed by atoms with Crippen LogP contribution >= 0.6 is 11.6 Å². The summed E-state index contributed by atoms with van der Waals surface area (Å²) in [5, 5.41) is 3.52. The predicted octanol–water partition coefficient (Wildman–Crippen LogP) is 5.62. The second-order valence-electron chi connectivity index (χ2n) is 7.86. The summed E-state index contributed by atoms with van der Waals surface area (Å²) in [6.07, 6.45) is 2.35. The zero-order chi connectivity index (χ0) is 24.5. The summed E-state index contributed by atoms with van der Waals surface area (Å²) < 4.78 is 30.8. The Labute approximate surface area is 203 Å².